The van der Waals surface area contributed by atoms with Gasteiger partial charge < -0.3 is 9.47 Å². The van der Waals surface area contributed by atoms with Crippen LogP contribution in [-0.2, 0) is 4.79 Å². The van der Waals surface area contributed by atoms with Crippen molar-refractivity contribution in [1.29, 1.82) is 0 Å². The highest BCUT2D eigenvalue weighted by Crippen LogP contribution is 2.26. The lowest BCUT2D eigenvalue weighted by molar-refractivity contribution is -0.136. The van der Waals surface area contributed by atoms with Crippen LogP contribution < -0.4 is 9.47 Å². The number of ether oxygens (including phenoxy) is 2. The van der Waals surface area contributed by atoms with Gasteiger partial charge in [0.1, 0.15) is 11.5 Å². The van der Waals surface area contributed by atoms with Gasteiger partial charge in [0.2, 0.25) is 0 Å². The first-order valence-corrected chi connectivity index (χ1v) is 7.42. The van der Waals surface area contributed by atoms with Gasteiger partial charge in [0, 0.05) is 0 Å². The van der Waals surface area contributed by atoms with Gasteiger partial charge in [-0.25, -0.2) is 4.79 Å². The largest absolute Gasteiger partial charge is 0.482 e. The van der Waals surface area contributed by atoms with E-state index in [-0.39, 0.29) is 6.61 Å². The van der Waals surface area contributed by atoms with Crippen LogP contribution in [0.5, 0.6) is 11.5 Å². The fourth-order valence-electron chi connectivity index (χ4n) is 1.94. The number of benzene rings is 2. The standard InChI is InChI=1S/C17H17BrO3/c1-11-4-6-15(13(3)8-11)20-10-17(19)21-16-7-5-12(2)9-14(16)18/h4-9H,10H2,1-3H3. The molecule has 21 heavy (non-hydrogen) atoms. The predicted molar refractivity (Wildman–Crippen MR) is 85.9 cm³/mol. The molecule has 0 atom stereocenters. The molecule has 0 radical (unpaired) electrons. The summed E-state index contributed by atoms with van der Waals surface area (Å²) in [6.45, 7) is 5.81. The first-order chi connectivity index (χ1) is 9.95. The molecule has 0 amide bonds. The lowest BCUT2D eigenvalue weighted by atomic mass is 10.1. The fraction of sp³-hybridized carbons (Fsp3) is 0.235. The number of rotatable bonds is 4. The molecule has 0 aliphatic carbocycles. The van der Waals surface area contributed by atoms with E-state index in [4.69, 9.17) is 9.47 Å². The molecular formula is C17H17BrO3. The summed E-state index contributed by atoms with van der Waals surface area (Å²) in [5, 5.41) is 0. The molecule has 2 aromatic carbocycles. The van der Waals surface area contributed by atoms with Crippen LogP contribution in [0.3, 0.4) is 0 Å². The van der Waals surface area contributed by atoms with Gasteiger partial charge in [0.25, 0.3) is 0 Å². The lowest BCUT2D eigenvalue weighted by Crippen LogP contribution is -2.18. The van der Waals surface area contributed by atoms with E-state index >= 15 is 0 Å². The maximum absolute atomic E-state index is 11.8. The van der Waals surface area contributed by atoms with Crippen LogP contribution in [0.4, 0.5) is 0 Å². The molecule has 0 aliphatic heterocycles. The van der Waals surface area contributed by atoms with E-state index in [9.17, 15) is 4.79 Å². The minimum atomic E-state index is -0.431. The fourth-order valence-corrected chi connectivity index (χ4v) is 2.51. The third-order valence-electron chi connectivity index (χ3n) is 2.99. The molecule has 0 aromatic heterocycles. The average molecular weight is 349 g/mol. The van der Waals surface area contributed by atoms with Crippen LogP contribution in [0.15, 0.2) is 40.9 Å². The number of carbonyl (C=O) groups is 1. The summed E-state index contributed by atoms with van der Waals surface area (Å²) in [5.74, 6) is 0.759. The van der Waals surface area contributed by atoms with Crippen LogP contribution in [0.25, 0.3) is 0 Å². The molecule has 0 fully saturated rings. The Bertz CT molecular complexity index is 665. The maximum Gasteiger partial charge on any atom is 0.349 e. The zero-order chi connectivity index (χ0) is 15.4. The predicted octanol–water partition coefficient (Wildman–Crippen LogP) is 4.36. The Kier molecular flexibility index (Phi) is 5.02. The molecule has 110 valence electrons. The van der Waals surface area contributed by atoms with Crippen LogP contribution in [0.1, 0.15) is 16.7 Å². The molecule has 0 saturated carbocycles. The molecule has 0 bridgehead atoms. The normalized spacial score (nSPS) is 10.3. The number of esters is 1. The molecule has 2 aromatic rings. The van der Waals surface area contributed by atoms with Gasteiger partial charge >= 0.3 is 5.97 Å². The third-order valence-corrected chi connectivity index (χ3v) is 3.61. The van der Waals surface area contributed by atoms with E-state index in [1.54, 1.807) is 6.07 Å². The molecule has 0 unspecified atom stereocenters. The molecule has 0 aliphatic rings. The van der Waals surface area contributed by atoms with Crippen molar-refractivity contribution in [3.05, 3.63) is 57.6 Å². The molecule has 2 rings (SSSR count). The van der Waals surface area contributed by atoms with Crippen LogP contribution in [0.2, 0.25) is 0 Å². The van der Waals surface area contributed by atoms with Crippen molar-refractivity contribution in [1.82, 2.24) is 0 Å². The Balaban J connectivity index is 1.96. The van der Waals surface area contributed by atoms with Crippen molar-refractivity contribution < 1.29 is 14.3 Å². The van der Waals surface area contributed by atoms with Crippen molar-refractivity contribution in [2.75, 3.05) is 6.61 Å². The van der Waals surface area contributed by atoms with Crippen molar-refractivity contribution in [3.8, 4) is 11.5 Å². The SMILES string of the molecule is Cc1ccc(OCC(=O)Oc2ccc(C)cc2Br)c(C)c1. The van der Waals surface area contributed by atoms with E-state index in [0.717, 1.165) is 21.2 Å². The van der Waals surface area contributed by atoms with Crippen molar-refractivity contribution in [2.24, 2.45) is 0 Å². The number of carbonyl (C=O) groups excluding carboxylic acids is 1. The Morgan fingerprint density at radius 2 is 1.62 bits per heavy atom. The summed E-state index contributed by atoms with van der Waals surface area (Å²) in [4.78, 5) is 11.8. The van der Waals surface area contributed by atoms with Crippen LogP contribution in [-0.4, -0.2) is 12.6 Å². The second-order valence-electron chi connectivity index (χ2n) is 4.97. The van der Waals surface area contributed by atoms with Gasteiger partial charge in [0.15, 0.2) is 6.61 Å². The summed E-state index contributed by atoms with van der Waals surface area (Å²) in [7, 11) is 0. The quantitative estimate of drug-likeness (QED) is 0.608. The van der Waals surface area contributed by atoms with Gasteiger partial charge in [-0.2, -0.15) is 0 Å². The highest BCUT2D eigenvalue weighted by molar-refractivity contribution is 9.10. The van der Waals surface area contributed by atoms with Gasteiger partial charge in [-0.3, -0.25) is 0 Å². The first-order valence-electron chi connectivity index (χ1n) is 6.62. The molecular weight excluding hydrogens is 332 g/mol. The Hall–Kier alpha value is -1.81. The minimum absolute atomic E-state index is 0.121. The van der Waals surface area contributed by atoms with E-state index in [2.05, 4.69) is 15.9 Å². The lowest BCUT2D eigenvalue weighted by Gasteiger charge is -2.10. The molecule has 3 nitrogen and oxygen atoms in total. The second kappa shape index (κ2) is 6.76. The summed E-state index contributed by atoms with van der Waals surface area (Å²) >= 11 is 3.37. The van der Waals surface area contributed by atoms with Crippen molar-refractivity contribution >= 4 is 21.9 Å². The Morgan fingerprint density at radius 1 is 1.00 bits per heavy atom. The van der Waals surface area contributed by atoms with E-state index in [1.807, 2.05) is 51.1 Å². The van der Waals surface area contributed by atoms with Crippen molar-refractivity contribution in [3.63, 3.8) is 0 Å². The number of hydrogen-bond acceptors (Lipinski definition) is 3. The topological polar surface area (TPSA) is 35.5 Å². The molecule has 0 heterocycles. The number of aryl methyl sites for hydroxylation is 3. The highest BCUT2D eigenvalue weighted by Gasteiger charge is 2.10. The Labute approximate surface area is 133 Å². The monoisotopic (exact) mass is 348 g/mol. The highest BCUT2D eigenvalue weighted by atomic mass is 79.9. The molecule has 4 heteroatoms. The van der Waals surface area contributed by atoms with Gasteiger partial charge in [0.05, 0.1) is 4.47 Å². The third kappa shape index (κ3) is 4.33. The average Bonchev–Trinajstić information content (AvgIpc) is 2.41. The minimum Gasteiger partial charge on any atom is -0.482 e. The van der Waals surface area contributed by atoms with Crippen LogP contribution >= 0.6 is 15.9 Å². The summed E-state index contributed by atoms with van der Waals surface area (Å²) in [5.41, 5.74) is 3.25. The van der Waals surface area contributed by atoms with Crippen LogP contribution in [0, 0.1) is 20.8 Å². The zero-order valence-electron chi connectivity index (χ0n) is 12.3. The van der Waals surface area contributed by atoms with Crippen molar-refractivity contribution in [2.45, 2.75) is 20.8 Å². The molecule has 0 spiro atoms. The van der Waals surface area contributed by atoms with Gasteiger partial charge in [-0.15, -0.1) is 0 Å². The van der Waals surface area contributed by atoms with Gasteiger partial charge in [-0.05, 0) is 66.0 Å². The number of hydrogen-bond donors (Lipinski definition) is 0. The molecule has 0 N–H and O–H groups in total. The van der Waals surface area contributed by atoms with E-state index in [0.29, 0.717) is 11.5 Å². The number of halogens is 1. The smallest absolute Gasteiger partial charge is 0.349 e. The summed E-state index contributed by atoms with van der Waals surface area (Å²) in [6, 6.07) is 11.4. The zero-order valence-corrected chi connectivity index (χ0v) is 13.9. The second-order valence-corrected chi connectivity index (χ2v) is 5.82. The Morgan fingerprint density at radius 3 is 2.24 bits per heavy atom. The van der Waals surface area contributed by atoms with E-state index in [1.165, 1.54) is 0 Å². The summed E-state index contributed by atoms with van der Waals surface area (Å²) < 4.78 is 11.5. The van der Waals surface area contributed by atoms with E-state index < -0.39 is 5.97 Å². The van der Waals surface area contributed by atoms with Gasteiger partial charge in [-0.1, -0.05) is 23.8 Å². The molecule has 0 saturated heterocycles. The summed E-state index contributed by atoms with van der Waals surface area (Å²) in [6.07, 6.45) is 0. The first kappa shape index (κ1) is 15.6. The maximum atomic E-state index is 11.8.